The summed E-state index contributed by atoms with van der Waals surface area (Å²) in [5.41, 5.74) is 0.248. The van der Waals surface area contributed by atoms with E-state index in [9.17, 15) is 18.4 Å². The molecular formula is C17H14Cl2F2N2O4. The highest BCUT2D eigenvalue weighted by molar-refractivity contribution is 6.31. The summed E-state index contributed by atoms with van der Waals surface area (Å²) in [6, 6.07) is 5.13. The van der Waals surface area contributed by atoms with Gasteiger partial charge in [0, 0.05) is 12.1 Å². The molecule has 3 rings (SSSR count). The topological polar surface area (TPSA) is 87.7 Å². The summed E-state index contributed by atoms with van der Waals surface area (Å²) >= 11 is 5.68. The van der Waals surface area contributed by atoms with Crippen LogP contribution in [0.2, 0.25) is 5.02 Å². The van der Waals surface area contributed by atoms with Crippen LogP contribution in [0.3, 0.4) is 0 Å². The number of rotatable bonds is 3. The van der Waals surface area contributed by atoms with Gasteiger partial charge in [-0.1, -0.05) is 11.6 Å². The third-order valence-electron chi connectivity index (χ3n) is 3.86. The second-order valence-corrected chi connectivity index (χ2v) is 5.97. The quantitative estimate of drug-likeness (QED) is 0.689. The van der Waals surface area contributed by atoms with Gasteiger partial charge in [0.1, 0.15) is 17.4 Å². The van der Waals surface area contributed by atoms with E-state index in [2.05, 4.69) is 10.6 Å². The molecule has 2 aromatic carbocycles. The van der Waals surface area contributed by atoms with Crippen LogP contribution in [0.1, 0.15) is 28.4 Å². The normalized spacial score (nSPS) is 15.0. The molecule has 0 spiro atoms. The second-order valence-electron chi connectivity index (χ2n) is 5.56. The van der Waals surface area contributed by atoms with E-state index < -0.39 is 29.7 Å². The van der Waals surface area contributed by atoms with Gasteiger partial charge in [0.05, 0.1) is 28.8 Å². The number of halogens is 4. The van der Waals surface area contributed by atoms with Crippen molar-refractivity contribution in [3.8, 4) is 5.75 Å². The minimum absolute atomic E-state index is 0. The molecule has 2 aromatic rings. The van der Waals surface area contributed by atoms with Crippen molar-refractivity contribution < 1.29 is 28.2 Å². The van der Waals surface area contributed by atoms with E-state index in [1.807, 2.05) is 0 Å². The van der Waals surface area contributed by atoms with E-state index in [1.165, 1.54) is 18.2 Å². The van der Waals surface area contributed by atoms with E-state index >= 15 is 0 Å². The van der Waals surface area contributed by atoms with Crippen LogP contribution in [0, 0.1) is 11.6 Å². The molecule has 0 fully saturated rings. The average Bonchev–Trinajstić information content (AvgIpc) is 2.58. The van der Waals surface area contributed by atoms with Gasteiger partial charge in [-0.25, -0.2) is 13.6 Å². The van der Waals surface area contributed by atoms with Crippen molar-refractivity contribution in [1.29, 1.82) is 0 Å². The first-order valence-corrected chi connectivity index (χ1v) is 7.95. The van der Waals surface area contributed by atoms with Gasteiger partial charge >= 0.3 is 6.09 Å². The number of fused-ring (bicyclic) bond motifs is 1. The van der Waals surface area contributed by atoms with E-state index in [0.29, 0.717) is 0 Å². The summed E-state index contributed by atoms with van der Waals surface area (Å²) in [6.45, 7) is 0.115. The highest BCUT2D eigenvalue weighted by Crippen LogP contribution is 2.37. The van der Waals surface area contributed by atoms with Crippen LogP contribution in [0.4, 0.5) is 19.3 Å². The molecule has 0 aromatic heterocycles. The van der Waals surface area contributed by atoms with Gasteiger partial charge in [0.15, 0.2) is 0 Å². The van der Waals surface area contributed by atoms with E-state index in [1.54, 1.807) is 0 Å². The van der Waals surface area contributed by atoms with Crippen LogP contribution in [-0.2, 0) is 0 Å². The SMILES string of the molecule is Cl.O=C(O)NC1CCOc2c(C(=O)Nc3ccc(F)c(Cl)c3)ccc(F)c21. The zero-order valence-corrected chi connectivity index (χ0v) is 15.2. The maximum atomic E-state index is 14.2. The van der Waals surface area contributed by atoms with Gasteiger partial charge in [-0.3, -0.25) is 4.79 Å². The maximum absolute atomic E-state index is 14.2. The number of anilines is 1. The lowest BCUT2D eigenvalue weighted by Crippen LogP contribution is -2.32. The van der Waals surface area contributed by atoms with Gasteiger partial charge in [-0.05, 0) is 30.3 Å². The number of carbonyl (C=O) groups is 2. The Morgan fingerprint density at radius 1 is 1.19 bits per heavy atom. The van der Waals surface area contributed by atoms with Crippen LogP contribution in [0.15, 0.2) is 30.3 Å². The molecule has 1 unspecified atom stereocenters. The number of carbonyl (C=O) groups excluding carboxylic acids is 1. The zero-order valence-electron chi connectivity index (χ0n) is 13.6. The van der Waals surface area contributed by atoms with Crippen molar-refractivity contribution >= 4 is 41.7 Å². The molecule has 1 aliphatic heterocycles. The number of ether oxygens (including phenoxy) is 1. The Balaban J connectivity index is 0.00000261. The van der Waals surface area contributed by atoms with Crippen LogP contribution in [-0.4, -0.2) is 23.7 Å². The number of amides is 2. The van der Waals surface area contributed by atoms with Gasteiger partial charge in [0.25, 0.3) is 5.91 Å². The molecule has 144 valence electrons. The first-order valence-electron chi connectivity index (χ1n) is 7.58. The Hall–Kier alpha value is -2.58. The fraction of sp³-hybridized carbons (Fsp3) is 0.176. The van der Waals surface area contributed by atoms with Gasteiger partial charge in [-0.2, -0.15) is 0 Å². The number of carboxylic acid groups (broad SMARTS) is 1. The standard InChI is InChI=1S/C17H13ClF2N2O4.ClH/c18-10-7-8(1-3-11(10)19)21-16(23)9-2-4-12(20)14-13(22-17(24)25)5-6-26-15(9)14;/h1-4,7,13,22H,5-6H2,(H,21,23)(H,24,25);1H. The fourth-order valence-corrected chi connectivity index (χ4v) is 2.90. The van der Waals surface area contributed by atoms with Gasteiger partial charge in [-0.15, -0.1) is 12.4 Å². The first-order chi connectivity index (χ1) is 12.4. The summed E-state index contributed by atoms with van der Waals surface area (Å²) < 4.78 is 32.9. The van der Waals surface area contributed by atoms with Crippen molar-refractivity contribution in [2.75, 3.05) is 11.9 Å². The van der Waals surface area contributed by atoms with E-state index in [0.717, 1.165) is 12.1 Å². The van der Waals surface area contributed by atoms with Gasteiger partial charge in [0.2, 0.25) is 0 Å². The number of hydrogen-bond acceptors (Lipinski definition) is 3. The molecule has 2 amide bonds. The predicted octanol–water partition coefficient (Wildman–Crippen LogP) is 4.38. The Morgan fingerprint density at radius 3 is 2.56 bits per heavy atom. The van der Waals surface area contributed by atoms with Crippen molar-refractivity contribution in [3.05, 3.63) is 58.1 Å². The van der Waals surface area contributed by atoms with Crippen LogP contribution < -0.4 is 15.4 Å². The molecule has 10 heteroatoms. The summed E-state index contributed by atoms with van der Waals surface area (Å²) in [6.07, 6.45) is -1.08. The van der Waals surface area contributed by atoms with Crippen molar-refractivity contribution in [1.82, 2.24) is 5.32 Å². The average molecular weight is 419 g/mol. The lowest BCUT2D eigenvalue weighted by atomic mass is 9.96. The van der Waals surface area contributed by atoms with Crippen LogP contribution >= 0.6 is 24.0 Å². The molecule has 1 atom stereocenters. The van der Waals surface area contributed by atoms with Crippen LogP contribution in [0.5, 0.6) is 5.75 Å². The molecule has 0 aliphatic carbocycles. The molecule has 3 N–H and O–H groups in total. The smallest absolute Gasteiger partial charge is 0.405 e. The number of nitrogens with one attached hydrogen (secondary N) is 2. The zero-order chi connectivity index (χ0) is 18.8. The maximum Gasteiger partial charge on any atom is 0.405 e. The second kappa shape index (κ2) is 8.41. The van der Waals surface area contributed by atoms with Crippen molar-refractivity contribution in [2.45, 2.75) is 12.5 Å². The molecule has 0 saturated heterocycles. The summed E-state index contributed by atoms with van der Waals surface area (Å²) in [5, 5.41) is 13.5. The third kappa shape index (κ3) is 4.40. The van der Waals surface area contributed by atoms with E-state index in [-0.39, 0.29) is 53.0 Å². The lowest BCUT2D eigenvalue weighted by molar-refractivity contribution is 0.102. The largest absolute Gasteiger partial charge is 0.492 e. The molecule has 27 heavy (non-hydrogen) atoms. The Labute approximate surface area is 163 Å². The van der Waals surface area contributed by atoms with Crippen LogP contribution in [0.25, 0.3) is 0 Å². The Morgan fingerprint density at radius 2 is 1.89 bits per heavy atom. The molecule has 0 radical (unpaired) electrons. The van der Waals surface area contributed by atoms with Gasteiger partial charge < -0.3 is 20.5 Å². The molecule has 0 bridgehead atoms. The predicted molar refractivity (Wildman–Crippen MR) is 97.0 cm³/mol. The molecule has 0 saturated carbocycles. The third-order valence-corrected chi connectivity index (χ3v) is 4.15. The van der Waals surface area contributed by atoms with E-state index in [4.69, 9.17) is 21.4 Å². The Bertz CT molecular complexity index is 895. The number of benzene rings is 2. The Kier molecular flexibility index (Phi) is 6.45. The monoisotopic (exact) mass is 418 g/mol. The van der Waals surface area contributed by atoms with Crippen molar-refractivity contribution in [3.63, 3.8) is 0 Å². The summed E-state index contributed by atoms with van der Waals surface area (Å²) in [4.78, 5) is 23.4. The molecule has 1 heterocycles. The fourth-order valence-electron chi connectivity index (χ4n) is 2.72. The molecule has 1 aliphatic rings. The van der Waals surface area contributed by atoms with Crippen molar-refractivity contribution in [2.24, 2.45) is 0 Å². The summed E-state index contributed by atoms with van der Waals surface area (Å²) in [5.74, 6) is -1.96. The first kappa shape index (κ1) is 20.7. The minimum Gasteiger partial charge on any atom is -0.492 e. The lowest BCUT2D eigenvalue weighted by Gasteiger charge is -2.27. The highest BCUT2D eigenvalue weighted by Gasteiger charge is 2.30. The molecule has 6 nitrogen and oxygen atoms in total. The minimum atomic E-state index is -1.31. The molecular weight excluding hydrogens is 405 g/mol. The summed E-state index contributed by atoms with van der Waals surface area (Å²) in [7, 11) is 0. The number of hydrogen-bond donors (Lipinski definition) is 3. The highest BCUT2D eigenvalue weighted by atomic mass is 35.5.